The molecule has 1 N–H and O–H groups in total. The van der Waals surface area contributed by atoms with Gasteiger partial charge in [-0.3, -0.25) is 19.3 Å². The second-order valence-electron chi connectivity index (χ2n) is 5.65. The lowest BCUT2D eigenvalue weighted by atomic mass is 10.2. The summed E-state index contributed by atoms with van der Waals surface area (Å²) in [6, 6.07) is 12.0. The van der Waals surface area contributed by atoms with Crippen LogP contribution in [0.1, 0.15) is 15.9 Å². The summed E-state index contributed by atoms with van der Waals surface area (Å²) in [5.41, 5.74) is 1.06. The van der Waals surface area contributed by atoms with Crippen LogP contribution in [-0.2, 0) is 4.79 Å². The van der Waals surface area contributed by atoms with Crippen molar-refractivity contribution in [1.29, 1.82) is 0 Å². The number of rotatable bonds is 5. The Morgan fingerprint density at radius 3 is 2.44 bits per heavy atom. The molecule has 0 atom stereocenters. The van der Waals surface area contributed by atoms with Gasteiger partial charge in [0.05, 0.1) is 4.91 Å². The molecule has 1 heterocycles. The first-order valence-corrected chi connectivity index (χ1v) is 9.18. The van der Waals surface area contributed by atoms with Crippen molar-refractivity contribution in [2.75, 3.05) is 13.1 Å². The Morgan fingerprint density at radius 1 is 1.11 bits per heavy atom. The molecule has 3 rings (SSSR count). The predicted octanol–water partition coefficient (Wildman–Crippen LogP) is 3.95. The van der Waals surface area contributed by atoms with Gasteiger partial charge in [-0.1, -0.05) is 23.7 Å². The molecule has 0 spiro atoms. The van der Waals surface area contributed by atoms with Gasteiger partial charge in [0.1, 0.15) is 5.82 Å². The van der Waals surface area contributed by atoms with E-state index in [1.54, 1.807) is 30.3 Å². The summed E-state index contributed by atoms with van der Waals surface area (Å²) in [5, 5.41) is 2.79. The fourth-order valence-electron chi connectivity index (χ4n) is 2.39. The molecule has 3 amide bonds. The van der Waals surface area contributed by atoms with E-state index in [-0.39, 0.29) is 13.1 Å². The van der Waals surface area contributed by atoms with Gasteiger partial charge in [-0.25, -0.2) is 4.39 Å². The van der Waals surface area contributed by atoms with E-state index in [9.17, 15) is 18.8 Å². The number of hydrogen-bond donors (Lipinski definition) is 1. The Bertz CT molecular complexity index is 914. The largest absolute Gasteiger partial charge is 0.350 e. The van der Waals surface area contributed by atoms with Crippen LogP contribution in [0.25, 0.3) is 6.08 Å². The summed E-state index contributed by atoms with van der Waals surface area (Å²) in [5.74, 6) is -1.24. The van der Waals surface area contributed by atoms with Crippen LogP contribution < -0.4 is 5.32 Å². The SMILES string of the molecule is O=C(NCCN1C(=O)S/C(=C/c2ccc(Cl)cc2)C1=O)c1ccc(F)cc1. The van der Waals surface area contributed by atoms with Gasteiger partial charge in [0, 0.05) is 23.7 Å². The summed E-state index contributed by atoms with van der Waals surface area (Å²) in [6.07, 6.45) is 1.62. The van der Waals surface area contributed by atoms with Crippen molar-refractivity contribution in [3.05, 3.63) is 75.4 Å². The van der Waals surface area contributed by atoms with Gasteiger partial charge in [0.2, 0.25) is 0 Å². The molecule has 0 aliphatic carbocycles. The van der Waals surface area contributed by atoms with Crippen LogP contribution in [-0.4, -0.2) is 35.0 Å². The zero-order chi connectivity index (χ0) is 19.4. The highest BCUT2D eigenvalue weighted by atomic mass is 35.5. The monoisotopic (exact) mass is 404 g/mol. The average Bonchev–Trinajstić information content (AvgIpc) is 2.91. The molecule has 2 aromatic carbocycles. The van der Waals surface area contributed by atoms with Gasteiger partial charge in [-0.05, 0) is 59.8 Å². The highest BCUT2D eigenvalue weighted by Gasteiger charge is 2.34. The highest BCUT2D eigenvalue weighted by Crippen LogP contribution is 2.32. The molecule has 27 heavy (non-hydrogen) atoms. The Hall–Kier alpha value is -2.64. The van der Waals surface area contributed by atoms with Crippen LogP contribution in [0.2, 0.25) is 5.02 Å². The maximum Gasteiger partial charge on any atom is 0.293 e. The minimum absolute atomic E-state index is 0.0511. The van der Waals surface area contributed by atoms with Crippen LogP contribution in [0.4, 0.5) is 9.18 Å². The first-order chi connectivity index (χ1) is 12.9. The average molecular weight is 405 g/mol. The lowest BCUT2D eigenvalue weighted by Gasteiger charge is -2.13. The number of thioether (sulfide) groups is 1. The zero-order valence-corrected chi connectivity index (χ0v) is 15.5. The number of halogens is 2. The maximum absolute atomic E-state index is 12.9. The molecule has 8 heteroatoms. The molecule has 0 unspecified atom stereocenters. The minimum Gasteiger partial charge on any atom is -0.350 e. The molecule has 5 nitrogen and oxygen atoms in total. The molecule has 2 aromatic rings. The van der Waals surface area contributed by atoms with Gasteiger partial charge in [0.25, 0.3) is 17.1 Å². The van der Waals surface area contributed by atoms with Gasteiger partial charge in [-0.2, -0.15) is 0 Å². The summed E-state index contributed by atoms with van der Waals surface area (Å²) < 4.78 is 12.9. The van der Waals surface area contributed by atoms with Gasteiger partial charge in [0.15, 0.2) is 0 Å². The molecule has 0 bridgehead atoms. The van der Waals surface area contributed by atoms with Crippen LogP contribution >= 0.6 is 23.4 Å². The van der Waals surface area contributed by atoms with Gasteiger partial charge < -0.3 is 5.32 Å². The first kappa shape index (κ1) is 19.1. The van der Waals surface area contributed by atoms with Crippen molar-refractivity contribution in [3.63, 3.8) is 0 Å². The first-order valence-electron chi connectivity index (χ1n) is 7.99. The zero-order valence-electron chi connectivity index (χ0n) is 13.9. The Kier molecular flexibility index (Phi) is 5.93. The third-order valence-corrected chi connectivity index (χ3v) is 4.93. The van der Waals surface area contributed by atoms with Crippen molar-refractivity contribution in [2.24, 2.45) is 0 Å². The standard InChI is InChI=1S/C19H14ClFN2O3S/c20-14-5-1-12(2-6-14)11-16-18(25)23(19(26)27-16)10-9-22-17(24)13-3-7-15(21)8-4-13/h1-8,11H,9-10H2,(H,22,24)/b16-11+. The molecule has 0 aromatic heterocycles. The number of nitrogens with one attached hydrogen (secondary N) is 1. The van der Waals surface area contributed by atoms with E-state index < -0.39 is 22.9 Å². The number of carbonyl (C=O) groups excluding carboxylic acids is 3. The van der Waals surface area contributed by atoms with E-state index in [1.807, 2.05) is 0 Å². The Morgan fingerprint density at radius 2 is 1.78 bits per heavy atom. The molecule has 1 saturated heterocycles. The number of amides is 3. The molecule has 1 fully saturated rings. The smallest absolute Gasteiger partial charge is 0.293 e. The topological polar surface area (TPSA) is 66.5 Å². The summed E-state index contributed by atoms with van der Waals surface area (Å²) >= 11 is 6.68. The lowest BCUT2D eigenvalue weighted by molar-refractivity contribution is -0.122. The number of imide groups is 1. The molecule has 1 aliphatic rings. The van der Waals surface area contributed by atoms with E-state index in [2.05, 4.69) is 5.32 Å². The third kappa shape index (κ3) is 4.75. The number of nitrogens with zero attached hydrogens (tertiary/aromatic N) is 1. The number of carbonyl (C=O) groups is 3. The Balaban J connectivity index is 1.58. The van der Waals surface area contributed by atoms with Crippen molar-refractivity contribution < 1.29 is 18.8 Å². The lowest BCUT2D eigenvalue weighted by Crippen LogP contribution is -2.37. The second kappa shape index (κ2) is 8.37. The molecule has 1 aliphatic heterocycles. The highest BCUT2D eigenvalue weighted by molar-refractivity contribution is 8.18. The van der Waals surface area contributed by atoms with Crippen LogP contribution in [0, 0.1) is 5.82 Å². The maximum atomic E-state index is 12.9. The van der Waals surface area contributed by atoms with Crippen molar-refractivity contribution in [3.8, 4) is 0 Å². The Labute approximate surface area is 164 Å². The fourth-order valence-corrected chi connectivity index (χ4v) is 3.38. The minimum atomic E-state index is -0.433. The second-order valence-corrected chi connectivity index (χ2v) is 7.08. The van der Waals surface area contributed by atoms with Crippen LogP contribution in [0.15, 0.2) is 53.4 Å². The molecular weight excluding hydrogens is 391 g/mol. The number of hydrogen-bond acceptors (Lipinski definition) is 4. The van der Waals surface area contributed by atoms with E-state index >= 15 is 0 Å². The van der Waals surface area contributed by atoms with E-state index in [0.29, 0.717) is 15.5 Å². The van der Waals surface area contributed by atoms with Crippen LogP contribution in [0.5, 0.6) is 0 Å². The van der Waals surface area contributed by atoms with E-state index in [1.165, 1.54) is 24.3 Å². The van der Waals surface area contributed by atoms with E-state index in [4.69, 9.17) is 11.6 Å². The molecule has 138 valence electrons. The molecular formula is C19H14ClFN2O3S. The van der Waals surface area contributed by atoms with E-state index in [0.717, 1.165) is 22.2 Å². The predicted molar refractivity (Wildman–Crippen MR) is 103 cm³/mol. The summed E-state index contributed by atoms with van der Waals surface area (Å²) in [7, 11) is 0. The van der Waals surface area contributed by atoms with Crippen molar-refractivity contribution >= 4 is 46.5 Å². The van der Waals surface area contributed by atoms with Crippen molar-refractivity contribution in [2.45, 2.75) is 0 Å². The van der Waals surface area contributed by atoms with Gasteiger partial charge in [-0.15, -0.1) is 0 Å². The fraction of sp³-hybridized carbons (Fsp3) is 0.105. The summed E-state index contributed by atoms with van der Waals surface area (Å²) in [4.78, 5) is 37.8. The third-order valence-electron chi connectivity index (χ3n) is 3.77. The van der Waals surface area contributed by atoms with Crippen LogP contribution in [0.3, 0.4) is 0 Å². The molecule has 0 saturated carbocycles. The number of benzene rings is 2. The summed E-state index contributed by atoms with van der Waals surface area (Å²) in [6.45, 7) is 0.151. The normalized spacial score (nSPS) is 15.5. The van der Waals surface area contributed by atoms with Gasteiger partial charge >= 0.3 is 0 Å². The molecule has 0 radical (unpaired) electrons. The van der Waals surface area contributed by atoms with Crippen molar-refractivity contribution in [1.82, 2.24) is 10.2 Å². The quantitative estimate of drug-likeness (QED) is 0.766.